The van der Waals surface area contributed by atoms with Crippen LogP contribution in [0.1, 0.15) is 22.3 Å². The number of ether oxygens (including phenoxy) is 2. The normalized spacial score (nSPS) is 15.7. The molecule has 2 aliphatic heterocycles. The average molecular weight is 638 g/mol. The van der Waals surface area contributed by atoms with Crippen LogP contribution >= 0.6 is 27.7 Å². The second-order valence-corrected chi connectivity index (χ2v) is 11.2. The van der Waals surface area contributed by atoms with Crippen LogP contribution in [0.3, 0.4) is 0 Å². The predicted molar refractivity (Wildman–Crippen MR) is 156 cm³/mol. The quantitative estimate of drug-likeness (QED) is 0.179. The summed E-state index contributed by atoms with van der Waals surface area (Å²) in [7, 11) is 1.47. The number of carbonyl (C=O) groups excluding carboxylic acids is 3. The molecule has 2 aliphatic rings. The molecule has 10 nitrogen and oxygen atoms in total. The highest BCUT2D eigenvalue weighted by molar-refractivity contribution is 9.10. The Hall–Kier alpha value is -4.16. The van der Waals surface area contributed by atoms with Gasteiger partial charge in [-0.05, 0) is 86.7 Å². The van der Waals surface area contributed by atoms with Crippen LogP contribution in [0.15, 0.2) is 70.0 Å². The fourth-order valence-electron chi connectivity index (χ4n) is 4.56. The number of halogens is 1. The predicted octanol–water partition coefficient (Wildman–Crippen LogP) is 5.57. The van der Waals surface area contributed by atoms with Crippen LogP contribution < -0.4 is 9.47 Å². The van der Waals surface area contributed by atoms with Gasteiger partial charge in [-0.2, -0.15) is 0 Å². The number of nitro benzene ring substituents is 1. The van der Waals surface area contributed by atoms with E-state index in [1.165, 1.54) is 24.8 Å². The molecule has 1 saturated heterocycles. The van der Waals surface area contributed by atoms with Crippen molar-refractivity contribution >= 4 is 56.5 Å². The summed E-state index contributed by atoms with van der Waals surface area (Å²) in [5.41, 5.74) is 3.57. The van der Waals surface area contributed by atoms with Gasteiger partial charge in [0.25, 0.3) is 16.8 Å². The molecule has 0 saturated carbocycles. The summed E-state index contributed by atoms with van der Waals surface area (Å²) in [4.78, 5) is 52.0. The standard InChI is InChI=1S/C29H24BrN3O7S/c1-39-24-13-19(12-23(30)27(24)40-17-18-6-8-22(9-7-18)33(37)38)14-25-28(35)32(29(36)41-25)16-26(34)31-11-10-20-4-2-3-5-21(20)15-31/h2-9,12-14H,10-11,15-17H2,1H3/b25-14-. The lowest BCUT2D eigenvalue weighted by atomic mass is 10.00. The van der Waals surface area contributed by atoms with Crippen molar-refractivity contribution in [2.45, 2.75) is 19.6 Å². The van der Waals surface area contributed by atoms with E-state index in [-0.39, 0.29) is 29.7 Å². The SMILES string of the molecule is COc1cc(/C=C2\SC(=O)N(CC(=O)N3CCc4ccccc4C3)C2=O)cc(Br)c1OCc1ccc([N+](=O)[O-])cc1. The molecule has 12 heteroatoms. The van der Waals surface area contributed by atoms with Gasteiger partial charge in [0.15, 0.2) is 11.5 Å². The van der Waals surface area contributed by atoms with Crippen LogP contribution in [0, 0.1) is 10.1 Å². The van der Waals surface area contributed by atoms with Gasteiger partial charge >= 0.3 is 0 Å². The maximum absolute atomic E-state index is 13.1. The largest absolute Gasteiger partial charge is 0.493 e. The Balaban J connectivity index is 1.26. The summed E-state index contributed by atoms with van der Waals surface area (Å²) in [6.07, 6.45) is 2.30. The monoisotopic (exact) mass is 637 g/mol. The number of imide groups is 1. The van der Waals surface area contributed by atoms with E-state index in [0.29, 0.717) is 34.6 Å². The zero-order valence-electron chi connectivity index (χ0n) is 21.9. The van der Waals surface area contributed by atoms with Crippen LogP contribution in [-0.2, 0) is 29.2 Å². The average Bonchev–Trinajstić information content (AvgIpc) is 3.23. The number of hydrogen-bond acceptors (Lipinski definition) is 8. The Labute approximate surface area is 248 Å². The molecule has 5 rings (SSSR count). The first-order valence-electron chi connectivity index (χ1n) is 12.6. The number of fused-ring (bicyclic) bond motifs is 1. The lowest BCUT2D eigenvalue weighted by molar-refractivity contribution is -0.384. The Morgan fingerprint density at radius 1 is 1.12 bits per heavy atom. The van der Waals surface area contributed by atoms with E-state index >= 15 is 0 Å². The highest BCUT2D eigenvalue weighted by Gasteiger charge is 2.37. The molecule has 0 bridgehead atoms. The Kier molecular flexibility index (Phi) is 8.41. The van der Waals surface area contributed by atoms with Crippen LogP contribution in [-0.4, -0.2) is 52.0 Å². The highest BCUT2D eigenvalue weighted by atomic mass is 79.9. The minimum Gasteiger partial charge on any atom is -0.493 e. The summed E-state index contributed by atoms with van der Waals surface area (Å²) in [5, 5.41) is 10.4. The maximum Gasteiger partial charge on any atom is 0.294 e. The molecule has 0 aliphatic carbocycles. The van der Waals surface area contributed by atoms with E-state index in [9.17, 15) is 24.5 Å². The number of thioether (sulfide) groups is 1. The van der Waals surface area contributed by atoms with Crippen molar-refractivity contribution in [2.24, 2.45) is 0 Å². The Bertz CT molecular complexity index is 1580. The van der Waals surface area contributed by atoms with Crippen LogP contribution in [0.4, 0.5) is 10.5 Å². The molecular formula is C29H24BrN3O7S. The molecule has 210 valence electrons. The van der Waals surface area contributed by atoms with Gasteiger partial charge in [-0.1, -0.05) is 24.3 Å². The highest BCUT2D eigenvalue weighted by Crippen LogP contribution is 2.39. The Morgan fingerprint density at radius 3 is 2.56 bits per heavy atom. The summed E-state index contributed by atoms with van der Waals surface area (Å²) in [6.45, 7) is 0.816. The van der Waals surface area contributed by atoms with Gasteiger partial charge in [-0.15, -0.1) is 0 Å². The molecular weight excluding hydrogens is 614 g/mol. The minimum atomic E-state index is -0.528. The van der Waals surface area contributed by atoms with Crippen LogP contribution in [0.2, 0.25) is 0 Å². The van der Waals surface area contributed by atoms with E-state index in [4.69, 9.17) is 9.47 Å². The van der Waals surface area contributed by atoms with E-state index in [0.717, 1.165) is 34.2 Å². The summed E-state index contributed by atoms with van der Waals surface area (Å²) in [5.74, 6) is -0.0153. The molecule has 3 aromatic rings. The van der Waals surface area contributed by atoms with Gasteiger partial charge in [0.05, 0.1) is 21.4 Å². The number of amides is 3. The van der Waals surface area contributed by atoms with Crippen LogP contribution in [0.5, 0.6) is 11.5 Å². The van der Waals surface area contributed by atoms with Crippen molar-refractivity contribution in [1.29, 1.82) is 0 Å². The van der Waals surface area contributed by atoms with Crippen molar-refractivity contribution in [1.82, 2.24) is 9.80 Å². The first-order valence-corrected chi connectivity index (χ1v) is 14.2. The smallest absolute Gasteiger partial charge is 0.294 e. The number of nitro groups is 1. The van der Waals surface area contributed by atoms with Gasteiger partial charge in [0.1, 0.15) is 13.2 Å². The third-order valence-corrected chi connectivity index (χ3v) is 8.23. The van der Waals surface area contributed by atoms with Gasteiger partial charge in [0.2, 0.25) is 5.91 Å². The van der Waals surface area contributed by atoms with Gasteiger partial charge < -0.3 is 14.4 Å². The zero-order chi connectivity index (χ0) is 29.1. The molecule has 0 unspecified atom stereocenters. The number of benzene rings is 3. The fourth-order valence-corrected chi connectivity index (χ4v) is 5.98. The Morgan fingerprint density at radius 2 is 1.85 bits per heavy atom. The molecule has 2 heterocycles. The van der Waals surface area contributed by atoms with E-state index in [1.54, 1.807) is 35.2 Å². The van der Waals surface area contributed by atoms with E-state index in [2.05, 4.69) is 15.9 Å². The second-order valence-electron chi connectivity index (χ2n) is 9.35. The lowest BCUT2D eigenvalue weighted by Gasteiger charge is -2.29. The maximum atomic E-state index is 13.1. The number of carbonyl (C=O) groups is 3. The number of non-ortho nitro benzene ring substituents is 1. The van der Waals surface area contributed by atoms with Crippen molar-refractivity contribution < 1.29 is 28.8 Å². The van der Waals surface area contributed by atoms with Crippen molar-refractivity contribution in [3.05, 3.63) is 102 Å². The van der Waals surface area contributed by atoms with Gasteiger partial charge in [0, 0.05) is 25.2 Å². The number of hydrogen-bond donors (Lipinski definition) is 0. The number of nitrogens with zero attached hydrogens (tertiary/aromatic N) is 3. The van der Waals surface area contributed by atoms with Gasteiger partial charge in [-0.3, -0.25) is 29.4 Å². The second kappa shape index (κ2) is 12.1. The molecule has 3 aromatic carbocycles. The molecule has 0 spiro atoms. The molecule has 0 atom stereocenters. The molecule has 0 N–H and O–H groups in total. The summed E-state index contributed by atoms with van der Waals surface area (Å²) >= 11 is 4.26. The summed E-state index contributed by atoms with van der Waals surface area (Å²) in [6, 6.07) is 17.3. The number of rotatable bonds is 8. The molecule has 1 fully saturated rings. The first kappa shape index (κ1) is 28.4. The summed E-state index contributed by atoms with van der Waals surface area (Å²) < 4.78 is 11.9. The van der Waals surface area contributed by atoms with Crippen molar-refractivity contribution in [3.63, 3.8) is 0 Å². The topological polar surface area (TPSA) is 119 Å². The lowest BCUT2D eigenvalue weighted by Crippen LogP contribution is -2.44. The molecule has 0 radical (unpaired) electrons. The van der Waals surface area contributed by atoms with Gasteiger partial charge in [-0.25, -0.2) is 0 Å². The van der Waals surface area contributed by atoms with Crippen molar-refractivity contribution in [3.8, 4) is 11.5 Å². The molecule has 3 amide bonds. The molecule has 0 aromatic heterocycles. The zero-order valence-corrected chi connectivity index (χ0v) is 24.3. The fraction of sp³-hybridized carbons (Fsp3) is 0.207. The first-order chi connectivity index (χ1) is 19.7. The van der Waals surface area contributed by atoms with Crippen LogP contribution in [0.25, 0.3) is 6.08 Å². The molecule has 41 heavy (non-hydrogen) atoms. The van der Waals surface area contributed by atoms with E-state index < -0.39 is 16.1 Å². The van der Waals surface area contributed by atoms with E-state index in [1.807, 2.05) is 24.3 Å². The van der Waals surface area contributed by atoms with Crippen molar-refractivity contribution in [2.75, 3.05) is 20.2 Å². The number of methoxy groups -OCH3 is 1. The third-order valence-electron chi connectivity index (χ3n) is 6.73. The third kappa shape index (κ3) is 6.28. The minimum absolute atomic E-state index is 0.0112.